The molecule has 4 nitrogen and oxygen atoms in total. The fourth-order valence-corrected chi connectivity index (χ4v) is 2.78. The number of carbonyl (C=O) groups is 1. The predicted octanol–water partition coefficient (Wildman–Crippen LogP) is 6.07. The molecule has 27 heavy (non-hydrogen) atoms. The second kappa shape index (κ2) is 9.00. The number of halogens is 3. The summed E-state index contributed by atoms with van der Waals surface area (Å²) in [5.74, 6) is 0.408. The number of rotatable bonds is 6. The molecule has 0 spiro atoms. The van der Waals surface area contributed by atoms with Crippen molar-refractivity contribution in [1.82, 2.24) is 0 Å². The minimum Gasteiger partial charge on any atom is -0.446 e. The van der Waals surface area contributed by atoms with E-state index >= 15 is 0 Å². The fourth-order valence-electron chi connectivity index (χ4n) is 2.19. The third kappa shape index (κ3) is 5.30. The number of amides is 1. The first-order valence-corrected chi connectivity index (χ1v) is 9.05. The molecular weight excluding hydrogens is 409 g/mol. The van der Waals surface area contributed by atoms with Crippen molar-refractivity contribution in [3.05, 3.63) is 87.9 Å². The van der Waals surface area contributed by atoms with Gasteiger partial charge in [-0.05, 0) is 36.4 Å². The quantitative estimate of drug-likeness (QED) is 0.387. The van der Waals surface area contributed by atoms with Gasteiger partial charge in [0.15, 0.2) is 0 Å². The highest BCUT2D eigenvalue weighted by molar-refractivity contribution is 6.44. The topological polar surface area (TPSA) is 47.6 Å². The number of para-hydroxylation sites is 2. The maximum Gasteiger partial charge on any atom is 0.321 e. The van der Waals surface area contributed by atoms with Crippen LogP contribution in [0.4, 0.5) is 5.69 Å². The van der Waals surface area contributed by atoms with E-state index in [1.54, 1.807) is 48.5 Å². The molecule has 0 aliphatic rings. The number of benzene rings is 3. The molecule has 0 unspecified atom stereocenters. The van der Waals surface area contributed by atoms with Gasteiger partial charge in [0.25, 0.3) is 0 Å². The number of hydrogen-bond acceptors (Lipinski definition) is 3. The number of carbonyl (C=O) groups excluding carboxylic acids is 1. The van der Waals surface area contributed by atoms with Gasteiger partial charge in [0.1, 0.15) is 11.5 Å². The lowest BCUT2D eigenvalue weighted by Crippen LogP contribution is -2.38. The summed E-state index contributed by atoms with van der Waals surface area (Å²) in [7, 11) is 0. The number of hydrogen-bond donors (Lipinski definition) is 1. The zero-order valence-corrected chi connectivity index (χ0v) is 16.1. The van der Waals surface area contributed by atoms with Gasteiger partial charge in [0.2, 0.25) is 0 Å². The molecule has 0 aliphatic heterocycles. The van der Waals surface area contributed by atoms with Gasteiger partial charge >= 0.3 is 12.2 Å². The van der Waals surface area contributed by atoms with Gasteiger partial charge in [-0.15, -0.1) is 0 Å². The van der Waals surface area contributed by atoms with Gasteiger partial charge in [-0.1, -0.05) is 71.2 Å². The molecule has 1 N–H and O–H groups in total. The van der Waals surface area contributed by atoms with Gasteiger partial charge in [-0.25, -0.2) is 0 Å². The smallest absolute Gasteiger partial charge is 0.321 e. The van der Waals surface area contributed by atoms with Crippen LogP contribution in [0.15, 0.2) is 72.8 Å². The van der Waals surface area contributed by atoms with Crippen LogP contribution in [-0.2, 0) is 4.79 Å². The minimum absolute atomic E-state index is 0.246. The summed E-state index contributed by atoms with van der Waals surface area (Å²) in [6.45, 7) is 0. The lowest BCUT2D eigenvalue weighted by atomic mass is 10.3. The molecule has 0 radical (unpaired) electrons. The van der Waals surface area contributed by atoms with Gasteiger partial charge in [-0.3, -0.25) is 4.79 Å². The van der Waals surface area contributed by atoms with E-state index in [0.717, 1.165) is 0 Å². The Morgan fingerprint density at radius 2 is 1.22 bits per heavy atom. The molecule has 0 saturated carbocycles. The Morgan fingerprint density at radius 1 is 0.741 bits per heavy atom. The van der Waals surface area contributed by atoms with Gasteiger partial charge < -0.3 is 14.8 Å². The van der Waals surface area contributed by atoms with E-state index in [2.05, 4.69) is 5.32 Å². The Kier molecular flexibility index (Phi) is 6.45. The summed E-state index contributed by atoms with van der Waals surface area (Å²) >= 11 is 18.1. The molecule has 0 atom stereocenters. The SMILES string of the molecule is O=C(Nc1cc(Cl)c(Cl)cc1Cl)C(Oc1ccccc1)Oc1ccccc1. The molecule has 3 aromatic carbocycles. The van der Waals surface area contributed by atoms with E-state index in [1.165, 1.54) is 12.1 Å². The van der Waals surface area contributed by atoms with Crippen LogP contribution in [-0.4, -0.2) is 12.2 Å². The molecule has 0 aromatic heterocycles. The van der Waals surface area contributed by atoms with E-state index in [0.29, 0.717) is 17.2 Å². The molecule has 3 aromatic rings. The number of ether oxygens (including phenoxy) is 2. The van der Waals surface area contributed by atoms with Gasteiger partial charge in [0.05, 0.1) is 20.8 Å². The second-order valence-corrected chi connectivity index (χ2v) is 6.65. The molecular formula is C20H14Cl3NO3. The van der Waals surface area contributed by atoms with E-state index in [1.807, 2.05) is 12.1 Å². The normalized spacial score (nSPS) is 10.5. The van der Waals surface area contributed by atoms with Gasteiger partial charge in [0, 0.05) is 0 Å². The maximum absolute atomic E-state index is 12.8. The first-order valence-electron chi connectivity index (χ1n) is 7.92. The summed E-state index contributed by atoms with van der Waals surface area (Å²) < 4.78 is 11.4. The molecule has 0 bridgehead atoms. The third-order valence-electron chi connectivity index (χ3n) is 3.45. The first kappa shape index (κ1) is 19.4. The van der Waals surface area contributed by atoms with Crippen molar-refractivity contribution >= 4 is 46.4 Å². The Bertz CT molecular complexity index is 879. The highest BCUT2D eigenvalue weighted by Crippen LogP contribution is 2.32. The van der Waals surface area contributed by atoms with Crippen molar-refractivity contribution in [2.24, 2.45) is 0 Å². The van der Waals surface area contributed by atoms with Crippen molar-refractivity contribution in [1.29, 1.82) is 0 Å². The van der Waals surface area contributed by atoms with Crippen molar-refractivity contribution in [2.45, 2.75) is 6.29 Å². The van der Waals surface area contributed by atoms with Crippen molar-refractivity contribution < 1.29 is 14.3 Å². The van der Waals surface area contributed by atoms with E-state index in [9.17, 15) is 4.79 Å². The Hall–Kier alpha value is -2.40. The highest BCUT2D eigenvalue weighted by atomic mass is 35.5. The molecule has 0 heterocycles. The van der Waals surface area contributed by atoms with Crippen LogP contribution in [0.3, 0.4) is 0 Å². The van der Waals surface area contributed by atoms with Crippen LogP contribution >= 0.6 is 34.8 Å². The predicted molar refractivity (Wildman–Crippen MR) is 108 cm³/mol. The summed E-state index contributed by atoms with van der Waals surface area (Å²) in [5.41, 5.74) is 0.300. The van der Waals surface area contributed by atoms with E-state index < -0.39 is 12.2 Å². The molecule has 138 valence electrons. The fraction of sp³-hybridized carbons (Fsp3) is 0.0500. The monoisotopic (exact) mass is 421 g/mol. The van der Waals surface area contributed by atoms with E-state index in [-0.39, 0.29) is 15.1 Å². The molecule has 7 heteroatoms. The molecule has 0 fully saturated rings. The summed E-state index contributed by atoms with van der Waals surface area (Å²) in [6, 6.07) is 20.7. The number of nitrogens with one attached hydrogen (secondary N) is 1. The molecule has 1 amide bonds. The summed E-state index contributed by atoms with van der Waals surface area (Å²) in [5, 5.41) is 3.45. The largest absolute Gasteiger partial charge is 0.446 e. The second-order valence-electron chi connectivity index (χ2n) is 5.43. The van der Waals surface area contributed by atoms with Gasteiger partial charge in [-0.2, -0.15) is 0 Å². The van der Waals surface area contributed by atoms with Crippen molar-refractivity contribution in [3.8, 4) is 11.5 Å². The van der Waals surface area contributed by atoms with Crippen LogP contribution < -0.4 is 14.8 Å². The molecule has 0 saturated heterocycles. The minimum atomic E-state index is -1.25. The molecule has 3 rings (SSSR count). The third-order valence-corrected chi connectivity index (χ3v) is 4.49. The zero-order valence-electron chi connectivity index (χ0n) is 13.9. The standard InChI is InChI=1S/C20H14Cl3NO3/c21-15-11-17(23)18(12-16(15)22)24-19(25)20(26-13-7-3-1-4-8-13)27-14-9-5-2-6-10-14/h1-12,20H,(H,24,25). The lowest BCUT2D eigenvalue weighted by Gasteiger charge is -2.20. The average Bonchev–Trinajstić information content (AvgIpc) is 2.67. The Morgan fingerprint density at radius 3 is 1.74 bits per heavy atom. The Labute approximate surface area is 171 Å². The van der Waals surface area contributed by atoms with Crippen molar-refractivity contribution in [2.75, 3.05) is 5.32 Å². The highest BCUT2D eigenvalue weighted by Gasteiger charge is 2.24. The van der Waals surface area contributed by atoms with Crippen LogP contribution in [0.5, 0.6) is 11.5 Å². The van der Waals surface area contributed by atoms with E-state index in [4.69, 9.17) is 44.3 Å². The number of anilines is 1. The van der Waals surface area contributed by atoms with Crippen LogP contribution in [0.25, 0.3) is 0 Å². The maximum atomic E-state index is 12.8. The molecule has 0 aliphatic carbocycles. The van der Waals surface area contributed by atoms with Crippen LogP contribution in [0.1, 0.15) is 0 Å². The zero-order chi connectivity index (χ0) is 19.2. The average molecular weight is 423 g/mol. The van der Waals surface area contributed by atoms with Crippen molar-refractivity contribution in [3.63, 3.8) is 0 Å². The first-order chi connectivity index (χ1) is 13.0. The van der Waals surface area contributed by atoms with Crippen LogP contribution in [0.2, 0.25) is 15.1 Å². The summed E-state index contributed by atoms with van der Waals surface area (Å²) in [6.07, 6.45) is -1.25. The summed E-state index contributed by atoms with van der Waals surface area (Å²) in [4.78, 5) is 12.8. The lowest BCUT2D eigenvalue weighted by molar-refractivity contribution is -0.134. The van der Waals surface area contributed by atoms with Crippen LogP contribution in [0, 0.1) is 0 Å². The Balaban J connectivity index is 1.82.